The molecule has 1 aliphatic carbocycles. The molecule has 2 atom stereocenters. The molecule has 22 heavy (non-hydrogen) atoms. The van der Waals surface area contributed by atoms with E-state index in [1.807, 2.05) is 0 Å². The summed E-state index contributed by atoms with van der Waals surface area (Å²) in [6, 6.07) is 0.399. The molecule has 2 aliphatic rings. The van der Waals surface area contributed by atoms with Crippen LogP contribution in [0.15, 0.2) is 0 Å². The molecule has 1 saturated carbocycles. The average Bonchev–Trinajstić information content (AvgIpc) is 2.49. The van der Waals surface area contributed by atoms with Gasteiger partial charge in [0.1, 0.15) is 0 Å². The van der Waals surface area contributed by atoms with Crippen molar-refractivity contribution in [3.8, 4) is 0 Å². The van der Waals surface area contributed by atoms with E-state index < -0.39 is 0 Å². The quantitative estimate of drug-likeness (QED) is 0.691. The fourth-order valence-corrected chi connectivity index (χ4v) is 3.66. The summed E-state index contributed by atoms with van der Waals surface area (Å²) < 4.78 is 0. The second-order valence-corrected chi connectivity index (χ2v) is 7.08. The highest BCUT2D eigenvalue weighted by atomic mass is 16.2. The van der Waals surface area contributed by atoms with Gasteiger partial charge in [-0.05, 0) is 38.1 Å². The predicted octanol–water partition coefficient (Wildman–Crippen LogP) is 1.07. The zero-order valence-corrected chi connectivity index (χ0v) is 14.1. The van der Waals surface area contributed by atoms with Crippen molar-refractivity contribution < 1.29 is 9.90 Å². The summed E-state index contributed by atoms with van der Waals surface area (Å²) in [6.07, 6.45) is 6.81. The first-order valence-corrected chi connectivity index (χ1v) is 9.02. The molecule has 0 aromatic heterocycles. The smallest absolute Gasteiger partial charge is 0.234 e. The Morgan fingerprint density at radius 3 is 2.55 bits per heavy atom. The summed E-state index contributed by atoms with van der Waals surface area (Å²) in [5, 5.41) is 12.0. The molecule has 0 aromatic rings. The van der Waals surface area contributed by atoms with Crippen LogP contribution in [0.3, 0.4) is 0 Å². The van der Waals surface area contributed by atoms with E-state index in [9.17, 15) is 4.79 Å². The largest absolute Gasteiger partial charge is 0.396 e. The number of hydrogen-bond acceptors (Lipinski definition) is 4. The molecule has 2 fully saturated rings. The molecule has 0 bridgehead atoms. The molecule has 0 radical (unpaired) electrons. The molecule has 0 spiro atoms. The normalized spacial score (nSPS) is 27.7. The molecule has 1 aliphatic heterocycles. The Bertz CT molecular complexity index is 330. The molecule has 2 N–H and O–H groups in total. The van der Waals surface area contributed by atoms with Crippen molar-refractivity contribution in [1.82, 2.24) is 15.1 Å². The van der Waals surface area contributed by atoms with Crippen molar-refractivity contribution >= 4 is 5.91 Å². The Morgan fingerprint density at radius 1 is 1.14 bits per heavy atom. The maximum Gasteiger partial charge on any atom is 0.234 e. The van der Waals surface area contributed by atoms with Crippen LogP contribution in [0, 0.1) is 5.92 Å². The minimum absolute atomic E-state index is 0.202. The molecule has 1 heterocycles. The third-order valence-electron chi connectivity index (χ3n) is 5.02. The van der Waals surface area contributed by atoms with Crippen molar-refractivity contribution in [3.05, 3.63) is 0 Å². The number of carbonyl (C=O) groups is 1. The van der Waals surface area contributed by atoms with E-state index in [2.05, 4.69) is 22.0 Å². The van der Waals surface area contributed by atoms with E-state index in [0.717, 1.165) is 64.3 Å². The topological polar surface area (TPSA) is 55.8 Å². The number of nitrogens with zero attached hydrogens (tertiary/aromatic N) is 2. The number of carbonyl (C=O) groups excluding carboxylic acids is 1. The van der Waals surface area contributed by atoms with Crippen LogP contribution in [0.25, 0.3) is 0 Å². The van der Waals surface area contributed by atoms with Crippen molar-refractivity contribution in [2.45, 2.75) is 51.5 Å². The highest BCUT2D eigenvalue weighted by molar-refractivity contribution is 5.78. The van der Waals surface area contributed by atoms with E-state index in [1.165, 1.54) is 12.8 Å². The first-order valence-electron chi connectivity index (χ1n) is 9.02. The Kier molecular flexibility index (Phi) is 7.63. The van der Waals surface area contributed by atoms with Crippen LogP contribution in [0.1, 0.15) is 45.4 Å². The van der Waals surface area contributed by atoms with Crippen molar-refractivity contribution in [2.75, 3.05) is 45.9 Å². The van der Waals surface area contributed by atoms with Gasteiger partial charge in [-0.1, -0.05) is 19.8 Å². The lowest BCUT2D eigenvalue weighted by Gasteiger charge is -2.35. The standard InChI is InChI=1S/C17H33N3O2/c1-15-5-4-6-16(13-15)18-17(22)14-20-10-8-19(9-11-20)7-2-3-12-21/h15-16,21H,2-14H2,1H3,(H,18,22). The van der Waals surface area contributed by atoms with Gasteiger partial charge in [0, 0.05) is 38.8 Å². The molecule has 2 unspecified atom stereocenters. The number of aliphatic hydroxyl groups is 1. The van der Waals surface area contributed by atoms with Crippen LogP contribution in [0.5, 0.6) is 0 Å². The monoisotopic (exact) mass is 311 g/mol. The minimum Gasteiger partial charge on any atom is -0.396 e. The third kappa shape index (κ3) is 6.23. The average molecular weight is 311 g/mol. The van der Waals surface area contributed by atoms with Gasteiger partial charge in [0.05, 0.1) is 6.54 Å². The highest BCUT2D eigenvalue weighted by Crippen LogP contribution is 2.23. The zero-order chi connectivity index (χ0) is 15.8. The summed E-state index contributed by atoms with van der Waals surface area (Å²) in [6.45, 7) is 8.24. The lowest BCUT2D eigenvalue weighted by molar-refractivity contribution is -0.123. The predicted molar refractivity (Wildman–Crippen MR) is 88.8 cm³/mol. The number of amides is 1. The molecular formula is C17H33N3O2. The van der Waals surface area contributed by atoms with Gasteiger partial charge in [0.15, 0.2) is 0 Å². The van der Waals surface area contributed by atoms with E-state index in [-0.39, 0.29) is 5.91 Å². The molecule has 1 amide bonds. The van der Waals surface area contributed by atoms with Crippen LogP contribution < -0.4 is 5.32 Å². The van der Waals surface area contributed by atoms with Crippen LogP contribution in [0.4, 0.5) is 0 Å². The summed E-state index contributed by atoms with van der Waals surface area (Å²) in [7, 11) is 0. The number of hydrogen-bond donors (Lipinski definition) is 2. The second-order valence-electron chi connectivity index (χ2n) is 7.08. The molecular weight excluding hydrogens is 278 g/mol. The molecule has 5 heteroatoms. The van der Waals surface area contributed by atoms with Gasteiger partial charge >= 0.3 is 0 Å². The van der Waals surface area contributed by atoms with Gasteiger partial charge < -0.3 is 15.3 Å². The van der Waals surface area contributed by atoms with Gasteiger partial charge in [-0.15, -0.1) is 0 Å². The lowest BCUT2D eigenvalue weighted by Crippen LogP contribution is -2.50. The van der Waals surface area contributed by atoms with Gasteiger partial charge in [-0.3, -0.25) is 9.69 Å². The first kappa shape index (κ1) is 17.7. The maximum atomic E-state index is 12.2. The highest BCUT2D eigenvalue weighted by Gasteiger charge is 2.22. The fourth-order valence-electron chi connectivity index (χ4n) is 3.66. The summed E-state index contributed by atoms with van der Waals surface area (Å²) >= 11 is 0. The summed E-state index contributed by atoms with van der Waals surface area (Å²) in [4.78, 5) is 16.9. The van der Waals surface area contributed by atoms with Crippen LogP contribution in [-0.4, -0.2) is 72.7 Å². The SMILES string of the molecule is CC1CCCC(NC(=O)CN2CCN(CCCCO)CC2)C1. The van der Waals surface area contributed by atoms with E-state index in [4.69, 9.17) is 5.11 Å². The van der Waals surface area contributed by atoms with Gasteiger partial charge in [-0.25, -0.2) is 0 Å². The minimum atomic E-state index is 0.202. The first-order chi connectivity index (χ1) is 10.7. The van der Waals surface area contributed by atoms with E-state index >= 15 is 0 Å². The number of piperazine rings is 1. The second kappa shape index (κ2) is 9.48. The lowest BCUT2D eigenvalue weighted by atomic mass is 9.87. The Labute approximate surface area is 135 Å². The van der Waals surface area contributed by atoms with Crippen LogP contribution >= 0.6 is 0 Å². The third-order valence-corrected chi connectivity index (χ3v) is 5.02. The van der Waals surface area contributed by atoms with Crippen LogP contribution in [-0.2, 0) is 4.79 Å². The molecule has 5 nitrogen and oxygen atoms in total. The fraction of sp³-hybridized carbons (Fsp3) is 0.941. The van der Waals surface area contributed by atoms with Crippen LogP contribution in [0.2, 0.25) is 0 Å². The van der Waals surface area contributed by atoms with Crippen molar-refractivity contribution in [3.63, 3.8) is 0 Å². The molecule has 2 rings (SSSR count). The van der Waals surface area contributed by atoms with Crippen molar-refractivity contribution in [2.24, 2.45) is 5.92 Å². The van der Waals surface area contributed by atoms with E-state index in [0.29, 0.717) is 19.2 Å². The Morgan fingerprint density at radius 2 is 1.86 bits per heavy atom. The number of rotatable bonds is 7. The number of aliphatic hydroxyl groups excluding tert-OH is 1. The van der Waals surface area contributed by atoms with E-state index in [1.54, 1.807) is 0 Å². The Hall–Kier alpha value is -0.650. The molecule has 128 valence electrons. The van der Waals surface area contributed by atoms with Gasteiger partial charge in [-0.2, -0.15) is 0 Å². The Balaban J connectivity index is 1.60. The van der Waals surface area contributed by atoms with Gasteiger partial charge in [0.25, 0.3) is 0 Å². The molecule has 1 saturated heterocycles. The summed E-state index contributed by atoms with van der Waals surface area (Å²) in [5.74, 6) is 0.953. The zero-order valence-electron chi connectivity index (χ0n) is 14.1. The van der Waals surface area contributed by atoms with Crippen molar-refractivity contribution in [1.29, 1.82) is 0 Å². The summed E-state index contributed by atoms with van der Waals surface area (Å²) in [5.41, 5.74) is 0. The maximum absolute atomic E-state index is 12.2. The molecule has 0 aromatic carbocycles. The number of nitrogens with one attached hydrogen (secondary N) is 1. The number of unbranched alkanes of at least 4 members (excludes halogenated alkanes) is 1. The van der Waals surface area contributed by atoms with Gasteiger partial charge in [0.2, 0.25) is 5.91 Å².